The van der Waals surface area contributed by atoms with Gasteiger partial charge in [-0.2, -0.15) is 0 Å². The van der Waals surface area contributed by atoms with Gasteiger partial charge in [0.05, 0.1) is 0 Å². The maximum absolute atomic E-state index is 11.6. The summed E-state index contributed by atoms with van der Waals surface area (Å²) in [6.45, 7) is 0. The quantitative estimate of drug-likeness (QED) is 0.557. The Hall–Kier alpha value is -0.0736. The molecular formula is C14H11KO2S. The summed E-state index contributed by atoms with van der Waals surface area (Å²) in [5, 5.41) is 21.5. The molecule has 0 fully saturated rings. The number of hydrogen-bond acceptors (Lipinski definition) is 3. The van der Waals surface area contributed by atoms with E-state index in [2.05, 4.69) is 12.2 Å². The van der Waals surface area contributed by atoms with Crippen molar-refractivity contribution in [3.05, 3.63) is 71.8 Å². The Labute approximate surface area is 154 Å². The van der Waals surface area contributed by atoms with Crippen molar-refractivity contribution >= 4 is 17.3 Å². The molecule has 2 aromatic carbocycles. The van der Waals surface area contributed by atoms with Gasteiger partial charge < -0.3 is 10.2 Å². The molecule has 0 spiro atoms. The average Bonchev–Trinajstić information content (AvgIpc) is 2.39. The van der Waals surface area contributed by atoms with Crippen LogP contribution in [0.25, 0.3) is 0 Å². The molecule has 0 atom stereocenters. The van der Waals surface area contributed by atoms with Gasteiger partial charge in [0, 0.05) is 0 Å². The van der Waals surface area contributed by atoms with Crippen LogP contribution in [0.15, 0.2) is 60.7 Å². The molecule has 0 unspecified atom stereocenters. The van der Waals surface area contributed by atoms with Gasteiger partial charge in [-0.3, -0.25) is 0 Å². The van der Waals surface area contributed by atoms with E-state index >= 15 is 0 Å². The second-order valence-corrected chi connectivity index (χ2v) is 4.10. The molecule has 0 saturated carbocycles. The summed E-state index contributed by atoms with van der Waals surface area (Å²) in [6, 6.07) is 17.5. The fourth-order valence-corrected chi connectivity index (χ4v) is 2.00. The maximum Gasteiger partial charge on any atom is 1.00 e. The van der Waals surface area contributed by atoms with E-state index < -0.39 is 10.7 Å². The zero-order valence-corrected chi connectivity index (χ0v) is 14.0. The molecule has 2 aromatic rings. The van der Waals surface area contributed by atoms with Crippen LogP contribution in [0, 0.1) is 0 Å². The standard InChI is InChI=1S/C14H12O2S.K/c15-13(17)14(16,11-7-3-1-4-8-11)12-9-5-2-6-10-12;/h1-10,16H,(H,15,17);/q;+1/p-1. The molecule has 0 bridgehead atoms. The molecular weight excluding hydrogens is 271 g/mol. The summed E-state index contributed by atoms with van der Waals surface area (Å²) >= 11 is 4.69. The number of thiocarbonyl (C=S) groups is 1. The van der Waals surface area contributed by atoms with Crippen molar-refractivity contribution in [1.82, 2.24) is 0 Å². The van der Waals surface area contributed by atoms with E-state index in [0.29, 0.717) is 11.1 Å². The number of rotatable bonds is 3. The fourth-order valence-electron chi connectivity index (χ4n) is 1.76. The molecule has 0 aliphatic rings. The fraction of sp³-hybridized carbons (Fsp3) is 0.0714. The number of hydrogen-bond donors (Lipinski definition) is 1. The normalized spacial score (nSPS) is 10.5. The molecule has 1 N–H and O–H groups in total. The van der Waals surface area contributed by atoms with Crippen molar-refractivity contribution in [2.24, 2.45) is 0 Å². The Balaban J connectivity index is 0.00000162. The molecule has 2 nitrogen and oxygen atoms in total. The summed E-state index contributed by atoms with van der Waals surface area (Å²) in [6.07, 6.45) is 0. The second-order valence-electron chi connectivity index (χ2n) is 3.73. The monoisotopic (exact) mass is 282 g/mol. The molecule has 18 heavy (non-hydrogen) atoms. The van der Waals surface area contributed by atoms with E-state index in [-0.39, 0.29) is 51.4 Å². The molecule has 0 aliphatic carbocycles. The molecule has 0 saturated heterocycles. The third-order valence-corrected chi connectivity index (χ3v) is 2.97. The first kappa shape index (κ1) is 16.0. The van der Waals surface area contributed by atoms with Gasteiger partial charge in [-0.15, -0.1) is 0 Å². The first-order valence-electron chi connectivity index (χ1n) is 5.20. The maximum atomic E-state index is 11.6. The predicted octanol–water partition coefficient (Wildman–Crippen LogP) is -1.39. The third kappa shape index (κ3) is 3.08. The van der Waals surface area contributed by atoms with Gasteiger partial charge in [0.2, 0.25) is 0 Å². The van der Waals surface area contributed by atoms with Crippen molar-refractivity contribution in [2.45, 2.75) is 5.60 Å². The van der Waals surface area contributed by atoms with Crippen LogP contribution in [-0.4, -0.2) is 10.2 Å². The van der Waals surface area contributed by atoms with Crippen molar-refractivity contribution in [3.8, 4) is 0 Å². The molecule has 0 amide bonds. The van der Waals surface area contributed by atoms with Crippen LogP contribution >= 0.6 is 12.2 Å². The van der Waals surface area contributed by atoms with Crippen LogP contribution in [0.4, 0.5) is 0 Å². The topological polar surface area (TPSA) is 43.3 Å². The van der Waals surface area contributed by atoms with Crippen LogP contribution in [-0.2, 0) is 5.60 Å². The van der Waals surface area contributed by atoms with Crippen LogP contribution in [0.3, 0.4) is 0 Å². The Morgan fingerprint density at radius 3 is 1.50 bits per heavy atom. The summed E-state index contributed by atoms with van der Waals surface area (Å²) in [7, 11) is 0. The Morgan fingerprint density at radius 1 is 0.889 bits per heavy atom. The summed E-state index contributed by atoms with van der Waals surface area (Å²) in [5.41, 5.74) is -0.755. The minimum Gasteiger partial charge on any atom is -0.865 e. The molecule has 86 valence electrons. The van der Waals surface area contributed by atoms with Crippen LogP contribution in [0.5, 0.6) is 0 Å². The first-order valence-corrected chi connectivity index (χ1v) is 5.61. The van der Waals surface area contributed by atoms with Gasteiger partial charge >= 0.3 is 51.4 Å². The Kier molecular flexibility index (Phi) is 6.14. The van der Waals surface area contributed by atoms with Crippen molar-refractivity contribution in [3.63, 3.8) is 0 Å². The zero-order valence-electron chi connectivity index (χ0n) is 10.0. The largest absolute Gasteiger partial charge is 1.00 e. The number of aliphatic hydroxyl groups is 1. The van der Waals surface area contributed by atoms with E-state index in [1.54, 1.807) is 48.5 Å². The number of benzene rings is 2. The Morgan fingerprint density at radius 2 is 1.22 bits per heavy atom. The zero-order chi connectivity index (χ0) is 12.3. The van der Waals surface area contributed by atoms with Gasteiger partial charge in [0.15, 0.2) is 0 Å². The van der Waals surface area contributed by atoms with Crippen molar-refractivity contribution in [2.75, 3.05) is 0 Å². The van der Waals surface area contributed by atoms with E-state index in [0.717, 1.165) is 0 Å². The molecule has 4 heteroatoms. The van der Waals surface area contributed by atoms with Crippen LogP contribution < -0.4 is 56.5 Å². The molecule has 0 heterocycles. The van der Waals surface area contributed by atoms with E-state index in [1.165, 1.54) is 0 Å². The summed E-state index contributed by atoms with van der Waals surface area (Å²) in [4.78, 5) is 0. The smallest absolute Gasteiger partial charge is 0.865 e. The molecule has 2 rings (SSSR count). The van der Waals surface area contributed by atoms with E-state index in [4.69, 9.17) is 0 Å². The second kappa shape index (κ2) is 6.91. The minimum absolute atomic E-state index is 0. The molecule has 0 aliphatic heterocycles. The van der Waals surface area contributed by atoms with Gasteiger partial charge in [-0.05, 0) is 16.2 Å². The summed E-state index contributed by atoms with van der Waals surface area (Å²) < 4.78 is 0. The van der Waals surface area contributed by atoms with Crippen LogP contribution in [0.2, 0.25) is 0 Å². The van der Waals surface area contributed by atoms with Crippen molar-refractivity contribution < 1.29 is 61.6 Å². The molecule has 0 radical (unpaired) electrons. The predicted molar refractivity (Wildman–Crippen MR) is 68.5 cm³/mol. The van der Waals surface area contributed by atoms with Gasteiger partial charge in [0.25, 0.3) is 0 Å². The van der Waals surface area contributed by atoms with E-state index in [1.807, 2.05) is 12.1 Å². The summed E-state index contributed by atoms with van der Waals surface area (Å²) in [5.74, 6) is 0. The SMILES string of the molecule is [K+].[O-]C(=S)C(O)(c1ccccc1)c1ccccc1. The van der Waals surface area contributed by atoms with Gasteiger partial charge in [-0.25, -0.2) is 0 Å². The third-order valence-electron chi connectivity index (χ3n) is 2.68. The van der Waals surface area contributed by atoms with Crippen LogP contribution in [0.1, 0.15) is 11.1 Å². The first-order chi connectivity index (χ1) is 8.15. The Bertz CT molecular complexity index is 474. The van der Waals surface area contributed by atoms with Crippen molar-refractivity contribution in [1.29, 1.82) is 0 Å². The minimum atomic E-state index is -1.74. The van der Waals surface area contributed by atoms with Gasteiger partial charge in [-0.1, -0.05) is 72.9 Å². The molecule has 0 aromatic heterocycles. The average molecular weight is 282 g/mol. The van der Waals surface area contributed by atoms with Gasteiger partial charge in [0.1, 0.15) is 5.60 Å². The van der Waals surface area contributed by atoms with E-state index in [9.17, 15) is 10.2 Å².